The fourth-order valence-corrected chi connectivity index (χ4v) is 1.19. The first-order valence-electron chi connectivity index (χ1n) is 4.72. The van der Waals surface area contributed by atoms with Crippen molar-refractivity contribution in [3.05, 3.63) is 17.0 Å². The van der Waals surface area contributed by atoms with E-state index in [9.17, 15) is 0 Å². The summed E-state index contributed by atoms with van der Waals surface area (Å²) in [6.45, 7) is 6.84. The van der Waals surface area contributed by atoms with Crippen LogP contribution >= 0.6 is 11.6 Å². The molecule has 0 bridgehead atoms. The second-order valence-electron chi connectivity index (χ2n) is 3.65. The van der Waals surface area contributed by atoms with Crippen molar-refractivity contribution < 1.29 is 4.74 Å². The molecule has 0 fully saturated rings. The van der Waals surface area contributed by atoms with Gasteiger partial charge in [0.05, 0.1) is 6.61 Å². The van der Waals surface area contributed by atoms with E-state index in [0.29, 0.717) is 18.4 Å². The van der Waals surface area contributed by atoms with Gasteiger partial charge in [0.1, 0.15) is 0 Å². The molecule has 0 radical (unpaired) electrons. The third-order valence-electron chi connectivity index (χ3n) is 1.75. The Labute approximate surface area is 89.5 Å². The van der Waals surface area contributed by atoms with Gasteiger partial charge in [-0.1, -0.05) is 13.8 Å². The molecule has 0 amide bonds. The summed E-state index contributed by atoms with van der Waals surface area (Å²) >= 11 is 5.69. The van der Waals surface area contributed by atoms with E-state index in [0.717, 1.165) is 12.1 Å². The lowest BCUT2D eigenvalue weighted by Crippen LogP contribution is -2.03. The van der Waals surface area contributed by atoms with Crippen molar-refractivity contribution in [2.75, 3.05) is 6.61 Å². The molecule has 1 aromatic rings. The van der Waals surface area contributed by atoms with Crippen molar-refractivity contribution in [2.24, 2.45) is 5.92 Å². The SMILES string of the molecule is Cc1cc(OCCC(C)C)nc(Cl)n1. The Bertz CT molecular complexity index is 282. The summed E-state index contributed by atoms with van der Waals surface area (Å²) in [5.74, 6) is 1.19. The van der Waals surface area contributed by atoms with E-state index >= 15 is 0 Å². The Morgan fingerprint density at radius 1 is 1.43 bits per heavy atom. The third kappa shape index (κ3) is 3.92. The van der Waals surface area contributed by atoms with Crippen LogP contribution in [0.25, 0.3) is 0 Å². The summed E-state index contributed by atoms with van der Waals surface area (Å²) in [7, 11) is 0. The highest BCUT2D eigenvalue weighted by Gasteiger charge is 2.01. The van der Waals surface area contributed by atoms with E-state index in [1.807, 2.05) is 6.92 Å². The summed E-state index contributed by atoms with van der Waals surface area (Å²) in [4.78, 5) is 7.91. The van der Waals surface area contributed by atoms with Crippen molar-refractivity contribution >= 4 is 11.6 Å². The van der Waals surface area contributed by atoms with Gasteiger partial charge in [-0.2, -0.15) is 4.98 Å². The molecule has 1 aromatic heterocycles. The van der Waals surface area contributed by atoms with Gasteiger partial charge in [0.25, 0.3) is 0 Å². The Morgan fingerprint density at radius 2 is 2.14 bits per heavy atom. The van der Waals surface area contributed by atoms with E-state index in [-0.39, 0.29) is 5.28 Å². The van der Waals surface area contributed by atoms with Gasteiger partial charge in [-0.15, -0.1) is 0 Å². The van der Waals surface area contributed by atoms with Gasteiger partial charge >= 0.3 is 0 Å². The van der Waals surface area contributed by atoms with Crippen LogP contribution in [-0.2, 0) is 0 Å². The zero-order valence-electron chi connectivity index (χ0n) is 8.75. The monoisotopic (exact) mass is 214 g/mol. The minimum atomic E-state index is 0.240. The number of aromatic nitrogens is 2. The largest absolute Gasteiger partial charge is 0.478 e. The molecule has 3 nitrogen and oxygen atoms in total. The molecular formula is C10H15ClN2O. The molecule has 1 heterocycles. The third-order valence-corrected chi connectivity index (χ3v) is 1.92. The first kappa shape index (κ1) is 11.2. The number of aryl methyl sites for hydroxylation is 1. The van der Waals surface area contributed by atoms with E-state index in [1.165, 1.54) is 0 Å². The second kappa shape index (κ2) is 5.15. The van der Waals surface area contributed by atoms with E-state index in [4.69, 9.17) is 16.3 Å². The number of nitrogens with zero attached hydrogens (tertiary/aromatic N) is 2. The summed E-state index contributed by atoms with van der Waals surface area (Å²) in [6, 6.07) is 1.78. The molecule has 4 heteroatoms. The van der Waals surface area contributed by atoms with Gasteiger partial charge in [0.2, 0.25) is 11.2 Å². The summed E-state index contributed by atoms with van der Waals surface area (Å²) in [5, 5.41) is 0.240. The highest BCUT2D eigenvalue weighted by atomic mass is 35.5. The molecule has 1 rings (SSSR count). The maximum absolute atomic E-state index is 5.69. The van der Waals surface area contributed by atoms with Gasteiger partial charge in [0, 0.05) is 11.8 Å². The van der Waals surface area contributed by atoms with Crippen molar-refractivity contribution in [1.29, 1.82) is 0 Å². The van der Waals surface area contributed by atoms with Crippen molar-refractivity contribution in [1.82, 2.24) is 9.97 Å². The maximum Gasteiger partial charge on any atom is 0.225 e. The van der Waals surface area contributed by atoms with Crippen molar-refractivity contribution in [3.63, 3.8) is 0 Å². The standard InChI is InChI=1S/C10H15ClN2O/c1-7(2)4-5-14-9-6-8(3)12-10(11)13-9/h6-7H,4-5H2,1-3H3. The second-order valence-corrected chi connectivity index (χ2v) is 3.99. The number of hydrogen-bond acceptors (Lipinski definition) is 3. The van der Waals surface area contributed by atoms with Crippen LogP contribution in [0.3, 0.4) is 0 Å². The first-order chi connectivity index (χ1) is 6.58. The normalized spacial score (nSPS) is 10.6. The molecule has 0 saturated heterocycles. The zero-order chi connectivity index (χ0) is 10.6. The number of halogens is 1. The Kier molecular flexibility index (Phi) is 4.14. The average molecular weight is 215 g/mol. The van der Waals surface area contributed by atoms with Crippen LogP contribution in [0.15, 0.2) is 6.07 Å². The van der Waals surface area contributed by atoms with Gasteiger partial charge < -0.3 is 4.74 Å². The summed E-state index contributed by atoms with van der Waals surface area (Å²) in [6.07, 6.45) is 1.01. The molecule has 0 aliphatic heterocycles. The van der Waals surface area contributed by atoms with E-state index in [1.54, 1.807) is 6.07 Å². The molecule has 0 N–H and O–H groups in total. The fraction of sp³-hybridized carbons (Fsp3) is 0.600. The van der Waals surface area contributed by atoms with Crippen LogP contribution < -0.4 is 4.74 Å². The Morgan fingerprint density at radius 3 is 2.71 bits per heavy atom. The lowest BCUT2D eigenvalue weighted by molar-refractivity contribution is 0.278. The van der Waals surface area contributed by atoms with E-state index in [2.05, 4.69) is 23.8 Å². The lowest BCUT2D eigenvalue weighted by Gasteiger charge is -2.07. The molecule has 78 valence electrons. The smallest absolute Gasteiger partial charge is 0.225 e. The van der Waals surface area contributed by atoms with Crippen LogP contribution in [0.1, 0.15) is 26.0 Å². The first-order valence-corrected chi connectivity index (χ1v) is 5.09. The van der Waals surface area contributed by atoms with Crippen LogP contribution in [0, 0.1) is 12.8 Å². The molecule has 14 heavy (non-hydrogen) atoms. The van der Waals surface area contributed by atoms with Crippen LogP contribution in [-0.4, -0.2) is 16.6 Å². The van der Waals surface area contributed by atoms with Crippen LogP contribution in [0.2, 0.25) is 5.28 Å². The number of rotatable bonds is 4. The quantitative estimate of drug-likeness (QED) is 0.723. The summed E-state index contributed by atoms with van der Waals surface area (Å²) < 4.78 is 5.44. The molecule has 0 unspecified atom stereocenters. The van der Waals surface area contributed by atoms with Crippen LogP contribution in [0.4, 0.5) is 0 Å². The van der Waals surface area contributed by atoms with Crippen molar-refractivity contribution in [3.8, 4) is 5.88 Å². The van der Waals surface area contributed by atoms with Crippen LogP contribution in [0.5, 0.6) is 5.88 Å². The van der Waals surface area contributed by atoms with Gasteiger partial charge in [-0.25, -0.2) is 4.98 Å². The summed E-state index contributed by atoms with van der Waals surface area (Å²) in [5.41, 5.74) is 0.824. The lowest BCUT2D eigenvalue weighted by atomic mass is 10.1. The van der Waals surface area contributed by atoms with Gasteiger partial charge in [-0.05, 0) is 30.9 Å². The highest BCUT2D eigenvalue weighted by molar-refractivity contribution is 6.28. The molecule has 0 saturated carbocycles. The molecule has 0 atom stereocenters. The minimum Gasteiger partial charge on any atom is -0.478 e. The van der Waals surface area contributed by atoms with Crippen molar-refractivity contribution in [2.45, 2.75) is 27.2 Å². The maximum atomic E-state index is 5.69. The molecule has 0 aliphatic rings. The molecular weight excluding hydrogens is 200 g/mol. The predicted molar refractivity (Wildman–Crippen MR) is 56.7 cm³/mol. The van der Waals surface area contributed by atoms with Gasteiger partial charge in [0.15, 0.2) is 0 Å². The molecule has 0 aliphatic carbocycles. The zero-order valence-corrected chi connectivity index (χ0v) is 9.51. The molecule has 0 aromatic carbocycles. The Hall–Kier alpha value is -0.830. The fourth-order valence-electron chi connectivity index (χ4n) is 0.978. The number of ether oxygens (including phenoxy) is 1. The topological polar surface area (TPSA) is 35.0 Å². The van der Waals surface area contributed by atoms with E-state index < -0.39 is 0 Å². The average Bonchev–Trinajstić information content (AvgIpc) is 2.01. The minimum absolute atomic E-state index is 0.240. The predicted octanol–water partition coefficient (Wildman–Crippen LogP) is 2.86. The highest BCUT2D eigenvalue weighted by Crippen LogP contribution is 2.12. The van der Waals surface area contributed by atoms with Gasteiger partial charge in [-0.3, -0.25) is 0 Å². The Balaban J connectivity index is 2.50. The molecule has 0 spiro atoms. The number of hydrogen-bond donors (Lipinski definition) is 0.